The lowest BCUT2D eigenvalue weighted by Gasteiger charge is -2.18. The standard InChI is InChI=1S/C64H124O6/c1-58(2)50-44-38-32-26-20-15-11-9-7-8-10-12-17-23-29-35-41-47-53-62(65)68-56-61(57-69-63(66)54-48-42-36-30-25-19-22-28-34-40-46-52-60(5)6)70-64(67)55-49-43-37-31-24-18-14-13-16-21-27-33-39-45-51-59(3)4/h58-61H,7-57H2,1-6H3/t61-/m1/s1. The van der Waals surface area contributed by atoms with E-state index in [9.17, 15) is 14.4 Å². The molecule has 0 radical (unpaired) electrons. The van der Waals surface area contributed by atoms with E-state index in [-0.39, 0.29) is 31.1 Å². The van der Waals surface area contributed by atoms with Crippen molar-refractivity contribution in [1.29, 1.82) is 0 Å². The molecule has 0 N–H and O–H groups in total. The quantitative estimate of drug-likeness (QED) is 0.0343. The van der Waals surface area contributed by atoms with Crippen molar-refractivity contribution >= 4 is 17.9 Å². The number of ether oxygens (including phenoxy) is 3. The van der Waals surface area contributed by atoms with E-state index in [0.717, 1.165) is 75.5 Å². The summed E-state index contributed by atoms with van der Waals surface area (Å²) in [7, 11) is 0. The fourth-order valence-corrected chi connectivity index (χ4v) is 9.88. The molecular formula is C64H124O6. The van der Waals surface area contributed by atoms with Crippen LogP contribution in [-0.4, -0.2) is 37.2 Å². The number of hydrogen-bond acceptors (Lipinski definition) is 6. The van der Waals surface area contributed by atoms with Crippen LogP contribution in [0, 0.1) is 17.8 Å². The normalized spacial score (nSPS) is 12.1. The SMILES string of the molecule is CC(C)CCCCCCCCCCCCCCCCCCCCC(=O)OC[C@H](COC(=O)CCCCCCCCCCCCCC(C)C)OC(=O)CCCCCCCCCCCCCCCCC(C)C. The maximum absolute atomic E-state index is 12.9. The molecule has 416 valence electrons. The number of carbonyl (C=O) groups excluding carboxylic acids is 3. The first-order chi connectivity index (χ1) is 34.1. The molecule has 0 saturated heterocycles. The van der Waals surface area contributed by atoms with Crippen molar-refractivity contribution < 1.29 is 28.6 Å². The molecule has 0 bridgehead atoms. The lowest BCUT2D eigenvalue weighted by atomic mass is 10.0. The van der Waals surface area contributed by atoms with Crippen molar-refractivity contribution in [2.24, 2.45) is 17.8 Å². The van der Waals surface area contributed by atoms with Crippen LogP contribution in [0.4, 0.5) is 0 Å². The minimum absolute atomic E-state index is 0.0627. The van der Waals surface area contributed by atoms with E-state index in [1.807, 2.05) is 0 Å². The van der Waals surface area contributed by atoms with Crippen LogP contribution in [0.25, 0.3) is 0 Å². The third-order valence-electron chi connectivity index (χ3n) is 14.6. The van der Waals surface area contributed by atoms with Gasteiger partial charge in [0.1, 0.15) is 13.2 Å². The second-order valence-electron chi connectivity index (χ2n) is 23.5. The van der Waals surface area contributed by atoms with Crippen LogP contribution in [0.15, 0.2) is 0 Å². The first kappa shape index (κ1) is 68.4. The van der Waals surface area contributed by atoms with E-state index in [4.69, 9.17) is 14.2 Å². The predicted octanol–water partition coefficient (Wildman–Crippen LogP) is 21.1. The van der Waals surface area contributed by atoms with Crippen LogP contribution in [0.5, 0.6) is 0 Å². The molecule has 0 aliphatic rings. The Bertz CT molecular complexity index is 1090. The zero-order valence-electron chi connectivity index (χ0n) is 48.3. The lowest BCUT2D eigenvalue weighted by molar-refractivity contribution is -0.167. The van der Waals surface area contributed by atoms with Crippen molar-refractivity contribution in [1.82, 2.24) is 0 Å². The molecule has 0 saturated carbocycles. The molecule has 6 nitrogen and oxygen atoms in total. The molecular weight excluding hydrogens is 865 g/mol. The van der Waals surface area contributed by atoms with Gasteiger partial charge in [-0.2, -0.15) is 0 Å². The highest BCUT2D eigenvalue weighted by molar-refractivity contribution is 5.71. The molecule has 0 aromatic rings. The van der Waals surface area contributed by atoms with Gasteiger partial charge in [0.05, 0.1) is 0 Å². The van der Waals surface area contributed by atoms with E-state index < -0.39 is 6.10 Å². The zero-order chi connectivity index (χ0) is 51.2. The molecule has 0 aliphatic heterocycles. The zero-order valence-corrected chi connectivity index (χ0v) is 48.3. The van der Waals surface area contributed by atoms with Gasteiger partial charge in [-0.3, -0.25) is 14.4 Å². The van der Waals surface area contributed by atoms with Crippen LogP contribution in [-0.2, 0) is 28.6 Å². The van der Waals surface area contributed by atoms with E-state index in [0.29, 0.717) is 19.3 Å². The van der Waals surface area contributed by atoms with Crippen molar-refractivity contribution in [2.75, 3.05) is 13.2 Å². The van der Waals surface area contributed by atoms with Crippen LogP contribution in [0.2, 0.25) is 0 Å². The Labute approximate surface area is 438 Å². The fourth-order valence-electron chi connectivity index (χ4n) is 9.88. The summed E-state index contributed by atoms with van der Waals surface area (Å²) in [6.45, 7) is 13.8. The van der Waals surface area contributed by atoms with E-state index in [1.54, 1.807) is 0 Å². The number of esters is 3. The molecule has 0 aromatic carbocycles. The Morgan fingerprint density at radius 2 is 0.414 bits per heavy atom. The fraction of sp³-hybridized carbons (Fsp3) is 0.953. The largest absolute Gasteiger partial charge is 0.462 e. The third kappa shape index (κ3) is 57.3. The van der Waals surface area contributed by atoms with Gasteiger partial charge in [-0.05, 0) is 37.0 Å². The maximum atomic E-state index is 12.9. The summed E-state index contributed by atoms with van der Waals surface area (Å²) >= 11 is 0. The van der Waals surface area contributed by atoms with Crippen molar-refractivity contribution in [3.8, 4) is 0 Å². The van der Waals surface area contributed by atoms with Gasteiger partial charge in [0.25, 0.3) is 0 Å². The third-order valence-corrected chi connectivity index (χ3v) is 14.6. The summed E-state index contributed by atoms with van der Waals surface area (Å²) in [5.74, 6) is 1.69. The Morgan fingerprint density at radius 1 is 0.243 bits per heavy atom. The summed E-state index contributed by atoms with van der Waals surface area (Å²) in [6, 6.07) is 0. The Kier molecular flexibility index (Phi) is 53.9. The highest BCUT2D eigenvalue weighted by Gasteiger charge is 2.19. The number of carbonyl (C=O) groups is 3. The van der Waals surface area contributed by atoms with Gasteiger partial charge in [-0.1, -0.05) is 318 Å². The second-order valence-corrected chi connectivity index (χ2v) is 23.5. The summed E-state index contributed by atoms with van der Waals surface area (Å²) in [5.41, 5.74) is 0. The highest BCUT2D eigenvalue weighted by atomic mass is 16.6. The summed E-state index contributed by atoms with van der Waals surface area (Å²) in [6.07, 6.45) is 59.6. The Balaban J connectivity index is 4.26. The first-order valence-electron chi connectivity index (χ1n) is 31.6. The van der Waals surface area contributed by atoms with Crippen molar-refractivity contribution in [2.45, 2.75) is 362 Å². The molecule has 0 rings (SSSR count). The van der Waals surface area contributed by atoms with Gasteiger partial charge in [0, 0.05) is 19.3 Å². The molecule has 6 heteroatoms. The number of rotatable bonds is 57. The molecule has 0 amide bonds. The molecule has 70 heavy (non-hydrogen) atoms. The minimum atomic E-state index is -0.764. The molecule has 0 heterocycles. The van der Waals surface area contributed by atoms with Crippen molar-refractivity contribution in [3.05, 3.63) is 0 Å². The molecule has 0 aromatic heterocycles. The van der Waals surface area contributed by atoms with Gasteiger partial charge >= 0.3 is 17.9 Å². The summed E-state index contributed by atoms with van der Waals surface area (Å²) in [4.78, 5) is 38.3. The lowest BCUT2D eigenvalue weighted by Crippen LogP contribution is -2.30. The van der Waals surface area contributed by atoms with Gasteiger partial charge in [0.2, 0.25) is 0 Å². The molecule has 1 atom stereocenters. The van der Waals surface area contributed by atoms with Gasteiger partial charge in [0.15, 0.2) is 6.10 Å². The van der Waals surface area contributed by atoms with Crippen LogP contribution in [0.1, 0.15) is 356 Å². The van der Waals surface area contributed by atoms with Gasteiger partial charge < -0.3 is 14.2 Å². The predicted molar refractivity (Wildman–Crippen MR) is 303 cm³/mol. The molecule has 0 fully saturated rings. The van der Waals surface area contributed by atoms with Crippen LogP contribution >= 0.6 is 0 Å². The number of unbranched alkanes of at least 4 members (excludes halogenated alkanes) is 40. The average molecular weight is 990 g/mol. The van der Waals surface area contributed by atoms with Gasteiger partial charge in [-0.15, -0.1) is 0 Å². The van der Waals surface area contributed by atoms with E-state index >= 15 is 0 Å². The molecule has 0 unspecified atom stereocenters. The Morgan fingerprint density at radius 3 is 0.614 bits per heavy atom. The minimum Gasteiger partial charge on any atom is -0.462 e. The molecule has 0 spiro atoms. The maximum Gasteiger partial charge on any atom is 0.306 e. The van der Waals surface area contributed by atoms with Crippen LogP contribution < -0.4 is 0 Å². The monoisotopic (exact) mass is 989 g/mol. The smallest absolute Gasteiger partial charge is 0.306 e. The van der Waals surface area contributed by atoms with E-state index in [2.05, 4.69) is 41.5 Å². The second kappa shape index (κ2) is 55.2. The van der Waals surface area contributed by atoms with Gasteiger partial charge in [-0.25, -0.2) is 0 Å². The Hall–Kier alpha value is -1.59. The highest BCUT2D eigenvalue weighted by Crippen LogP contribution is 2.19. The first-order valence-corrected chi connectivity index (χ1v) is 31.6. The molecule has 0 aliphatic carbocycles. The topological polar surface area (TPSA) is 78.9 Å². The summed E-state index contributed by atoms with van der Waals surface area (Å²) < 4.78 is 16.9. The van der Waals surface area contributed by atoms with Crippen molar-refractivity contribution in [3.63, 3.8) is 0 Å². The average Bonchev–Trinajstić information content (AvgIpc) is 3.32. The van der Waals surface area contributed by atoms with E-state index in [1.165, 1.54) is 238 Å². The van der Waals surface area contributed by atoms with Crippen LogP contribution in [0.3, 0.4) is 0 Å². The number of hydrogen-bond donors (Lipinski definition) is 0. The summed E-state index contributed by atoms with van der Waals surface area (Å²) in [5, 5.41) is 0.